The molecule has 2 aliphatic heterocycles. The van der Waals surface area contributed by atoms with Gasteiger partial charge in [-0.05, 0) is 30.2 Å². The van der Waals surface area contributed by atoms with Crippen LogP contribution in [-0.2, 0) is 17.8 Å². The van der Waals surface area contributed by atoms with E-state index < -0.39 is 0 Å². The Labute approximate surface area is 203 Å². The number of amides is 1. The van der Waals surface area contributed by atoms with Crippen molar-refractivity contribution in [2.75, 3.05) is 39.4 Å². The van der Waals surface area contributed by atoms with E-state index in [1.165, 1.54) is 0 Å². The summed E-state index contributed by atoms with van der Waals surface area (Å²) in [6, 6.07) is 11.6. The lowest BCUT2D eigenvalue weighted by molar-refractivity contribution is -0.132. The topological polar surface area (TPSA) is 80.9 Å². The van der Waals surface area contributed by atoms with Crippen molar-refractivity contribution < 1.29 is 18.8 Å². The second kappa shape index (κ2) is 10.0. The Balaban J connectivity index is 1.15. The first-order valence-corrected chi connectivity index (χ1v) is 11.9. The maximum absolute atomic E-state index is 12.9. The summed E-state index contributed by atoms with van der Waals surface area (Å²) in [4.78, 5) is 21.6. The van der Waals surface area contributed by atoms with Crippen LogP contribution < -0.4 is 9.47 Å². The molecule has 1 amide bonds. The van der Waals surface area contributed by atoms with Crippen molar-refractivity contribution in [3.8, 4) is 22.9 Å². The summed E-state index contributed by atoms with van der Waals surface area (Å²) in [6.45, 7) is 6.54. The first-order valence-electron chi connectivity index (χ1n) is 11.5. The number of rotatable bonds is 5. The first-order chi connectivity index (χ1) is 16.6. The molecule has 8 nitrogen and oxygen atoms in total. The number of ether oxygens (including phenoxy) is 2. The highest BCUT2D eigenvalue weighted by atomic mass is 35.5. The lowest BCUT2D eigenvalue weighted by Crippen LogP contribution is -2.48. The third-order valence-corrected chi connectivity index (χ3v) is 6.44. The van der Waals surface area contributed by atoms with Crippen molar-refractivity contribution in [3.63, 3.8) is 0 Å². The minimum atomic E-state index is 0.0739. The van der Waals surface area contributed by atoms with E-state index in [0.29, 0.717) is 61.1 Å². The van der Waals surface area contributed by atoms with Crippen molar-refractivity contribution in [2.45, 2.75) is 26.3 Å². The smallest absolute Gasteiger partial charge is 0.241 e. The predicted molar refractivity (Wildman–Crippen MR) is 127 cm³/mol. The number of carbonyl (C=O) groups excluding carboxylic acids is 1. The number of aromatic nitrogens is 2. The minimum Gasteiger partial charge on any atom is -0.489 e. The molecule has 178 valence electrons. The molecule has 5 rings (SSSR count). The number of fused-ring (bicyclic) bond motifs is 1. The molecule has 2 aliphatic rings. The summed E-state index contributed by atoms with van der Waals surface area (Å²) in [5.41, 5.74) is 2.91. The van der Waals surface area contributed by atoms with Gasteiger partial charge in [0.25, 0.3) is 0 Å². The summed E-state index contributed by atoms with van der Waals surface area (Å²) >= 11 is 6.38. The van der Waals surface area contributed by atoms with E-state index in [0.717, 1.165) is 36.2 Å². The van der Waals surface area contributed by atoms with Gasteiger partial charge in [-0.1, -0.05) is 41.0 Å². The van der Waals surface area contributed by atoms with Crippen LogP contribution in [0.25, 0.3) is 11.4 Å². The SMILES string of the molecule is Cc1ccccc1-c1noc(CN2CCN(C(=O)Cc3cc(Cl)c4c(c3)OCCCO4)CC2)n1. The zero-order valence-electron chi connectivity index (χ0n) is 19.1. The molecule has 1 aromatic heterocycles. The zero-order valence-corrected chi connectivity index (χ0v) is 19.9. The van der Waals surface area contributed by atoms with E-state index in [4.69, 9.17) is 25.6 Å². The van der Waals surface area contributed by atoms with Gasteiger partial charge in [-0.25, -0.2) is 0 Å². The molecule has 1 fully saturated rings. The van der Waals surface area contributed by atoms with Crippen molar-refractivity contribution in [1.82, 2.24) is 19.9 Å². The van der Waals surface area contributed by atoms with Gasteiger partial charge in [0.15, 0.2) is 11.5 Å². The van der Waals surface area contributed by atoms with E-state index in [1.54, 1.807) is 6.07 Å². The van der Waals surface area contributed by atoms with Crippen LogP contribution in [0.2, 0.25) is 5.02 Å². The van der Waals surface area contributed by atoms with E-state index in [9.17, 15) is 4.79 Å². The molecule has 3 heterocycles. The maximum Gasteiger partial charge on any atom is 0.241 e. The van der Waals surface area contributed by atoms with Gasteiger partial charge < -0.3 is 18.9 Å². The van der Waals surface area contributed by atoms with Crippen LogP contribution in [0.1, 0.15) is 23.4 Å². The molecule has 34 heavy (non-hydrogen) atoms. The summed E-state index contributed by atoms with van der Waals surface area (Å²) < 4.78 is 16.9. The lowest BCUT2D eigenvalue weighted by Gasteiger charge is -2.34. The number of benzene rings is 2. The van der Waals surface area contributed by atoms with Gasteiger partial charge in [0.1, 0.15) is 0 Å². The molecular weight excluding hydrogens is 456 g/mol. The molecule has 3 aromatic rings. The van der Waals surface area contributed by atoms with Crippen LogP contribution in [0.4, 0.5) is 0 Å². The van der Waals surface area contributed by atoms with Gasteiger partial charge >= 0.3 is 0 Å². The van der Waals surface area contributed by atoms with Crippen LogP contribution in [0.5, 0.6) is 11.5 Å². The highest BCUT2D eigenvalue weighted by Crippen LogP contribution is 2.38. The van der Waals surface area contributed by atoms with Crippen LogP contribution in [0.15, 0.2) is 40.9 Å². The molecule has 0 bridgehead atoms. The van der Waals surface area contributed by atoms with E-state index >= 15 is 0 Å². The van der Waals surface area contributed by atoms with Crippen LogP contribution in [0, 0.1) is 6.92 Å². The van der Waals surface area contributed by atoms with Crippen molar-refractivity contribution in [3.05, 3.63) is 58.4 Å². The van der Waals surface area contributed by atoms with Crippen LogP contribution in [-0.4, -0.2) is 65.2 Å². The molecule has 0 unspecified atom stereocenters. The molecule has 0 N–H and O–H groups in total. The Bertz CT molecular complexity index is 1170. The minimum absolute atomic E-state index is 0.0739. The zero-order chi connectivity index (χ0) is 23.5. The Morgan fingerprint density at radius 2 is 1.88 bits per heavy atom. The van der Waals surface area contributed by atoms with Crippen LogP contribution >= 0.6 is 11.6 Å². The summed E-state index contributed by atoms with van der Waals surface area (Å²) in [6.07, 6.45) is 1.08. The fraction of sp³-hybridized carbons (Fsp3) is 0.400. The molecule has 2 aromatic carbocycles. The third kappa shape index (κ3) is 5.03. The monoisotopic (exact) mass is 482 g/mol. The molecule has 1 saturated heterocycles. The van der Waals surface area contributed by atoms with E-state index in [-0.39, 0.29) is 12.3 Å². The Kier molecular flexibility index (Phi) is 6.69. The van der Waals surface area contributed by atoms with Gasteiger partial charge in [0.05, 0.1) is 31.2 Å². The highest BCUT2D eigenvalue weighted by molar-refractivity contribution is 6.32. The molecule has 0 saturated carbocycles. The number of nitrogens with zero attached hydrogens (tertiary/aromatic N) is 4. The van der Waals surface area contributed by atoms with Gasteiger partial charge in [0, 0.05) is 38.2 Å². The second-order valence-corrected chi connectivity index (χ2v) is 9.02. The molecule has 0 atom stereocenters. The molecule has 0 radical (unpaired) electrons. The Morgan fingerprint density at radius 3 is 2.71 bits per heavy atom. The molecule has 9 heteroatoms. The number of piperazine rings is 1. The largest absolute Gasteiger partial charge is 0.489 e. The van der Waals surface area contributed by atoms with Gasteiger partial charge in [-0.3, -0.25) is 9.69 Å². The molecule has 0 aliphatic carbocycles. The number of carbonyl (C=O) groups is 1. The number of hydrogen-bond donors (Lipinski definition) is 0. The number of aryl methyl sites for hydroxylation is 1. The summed E-state index contributed by atoms with van der Waals surface area (Å²) in [5.74, 6) is 2.44. The van der Waals surface area contributed by atoms with Gasteiger partial charge in [-0.15, -0.1) is 0 Å². The fourth-order valence-corrected chi connectivity index (χ4v) is 4.56. The van der Waals surface area contributed by atoms with Crippen molar-refractivity contribution in [2.24, 2.45) is 0 Å². The quantitative estimate of drug-likeness (QED) is 0.547. The molecule has 0 spiro atoms. The second-order valence-electron chi connectivity index (χ2n) is 8.62. The number of halogens is 1. The Hall–Kier alpha value is -3.10. The summed E-state index contributed by atoms with van der Waals surface area (Å²) in [5, 5.41) is 4.62. The Morgan fingerprint density at radius 1 is 1.09 bits per heavy atom. The third-order valence-electron chi connectivity index (χ3n) is 6.16. The predicted octanol–water partition coefficient (Wildman–Crippen LogP) is 3.75. The highest BCUT2D eigenvalue weighted by Gasteiger charge is 2.24. The maximum atomic E-state index is 12.9. The van der Waals surface area contributed by atoms with E-state index in [2.05, 4.69) is 15.0 Å². The fourth-order valence-electron chi connectivity index (χ4n) is 4.27. The lowest BCUT2D eigenvalue weighted by atomic mass is 10.1. The van der Waals surface area contributed by atoms with E-state index in [1.807, 2.05) is 42.2 Å². The average Bonchev–Trinajstić information content (AvgIpc) is 3.15. The first kappa shape index (κ1) is 22.7. The standard InChI is InChI=1S/C25H27ClN4O4/c1-17-5-2-3-6-19(17)25-27-22(34-28-25)16-29-7-9-30(10-8-29)23(31)15-18-13-20(26)24-21(14-18)32-11-4-12-33-24/h2-3,5-6,13-14H,4,7-12,15-16H2,1H3. The average molecular weight is 483 g/mol. The van der Waals surface area contributed by atoms with Crippen molar-refractivity contribution in [1.29, 1.82) is 0 Å². The number of hydrogen-bond acceptors (Lipinski definition) is 7. The van der Waals surface area contributed by atoms with Crippen LogP contribution in [0.3, 0.4) is 0 Å². The molecular formula is C25H27ClN4O4. The normalized spacial score (nSPS) is 16.4. The van der Waals surface area contributed by atoms with Gasteiger partial charge in [-0.2, -0.15) is 4.98 Å². The summed E-state index contributed by atoms with van der Waals surface area (Å²) in [7, 11) is 0. The van der Waals surface area contributed by atoms with Crippen molar-refractivity contribution >= 4 is 17.5 Å². The van der Waals surface area contributed by atoms with Gasteiger partial charge in [0.2, 0.25) is 17.6 Å².